The number of nitrogens with one attached hydrogen (secondary N) is 1. The quantitative estimate of drug-likeness (QED) is 0.842. The minimum Gasteiger partial charge on any atom is -0.468 e. The van der Waals surface area contributed by atoms with E-state index in [0.29, 0.717) is 13.0 Å². The Balaban J connectivity index is 1.84. The normalized spacial score (nSPS) is 18.5. The molecule has 0 spiro atoms. The number of ether oxygens (including phenoxy) is 1. The predicted molar refractivity (Wildman–Crippen MR) is 81.0 cm³/mol. The third kappa shape index (κ3) is 4.04. The first kappa shape index (κ1) is 15.5. The van der Waals surface area contributed by atoms with Gasteiger partial charge in [0, 0.05) is 18.7 Å². The van der Waals surface area contributed by atoms with Gasteiger partial charge in [-0.05, 0) is 37.9 Å². The van der Waals surface area contributed by atoms with Crippen molar-refractivity contribution in [3.63, 3.8) is 0 Å². The van der Waals surface area contributed by atoms with Crippen LogP contribution < -0.4 is 5.32 Å². The molecular weight excluding hydrogens is 268 g/mol. The summed E-state index contributed by atoms with van der Waals surface area (Å²) in [7, 11) is 1.41. The first-order valence-electron chi connectivity index (χ1n) is 7.29. The highest BCUT2D eigenvalue weighted by molar-refractivity contribution is 5.91. The Hall–Kier alpha value is -1.88. The molecule has 0 bridgehead atoms. The number of anilines is 1. The maximum atomic E-state index is 12.0. The largest absolute Gasteiger partial charge is 0.468 e. The Morgan fingerprint density at radius 3 is 2.86 bits per heavy atom. The summed E-state index contributed by atoms with van der Waals surface area (Å²) in [5.74, 6) is -0.230. The van der Waals surface area contributed by atoms with Gasteiger partial charge in [0.25, 0.3) is 0 Å². The number of hydrogen-bond acceptors (Lipinski definition) is 4. The van der Waals surface area contributed by atoms with Crippen LogP contribution in [-0.4, -0.2) is 43.0 Å². The molecule has 1 atom stereocenters. The molecular formula is C16H22N2O3. The molecule has 1 N–H and O–H groups in total. The van der Waals surface area contributed by atoms with E-state index in [2.05, 4.69) is 5.32 Å². The van der Waals surface area contributed by atoms with Crippen molar-refractivity contribution < 1.29 is 14.3 Å². The summed E-state index contributed by atoms with van der Waals surface area (Å²) < 4.78 is 4.80. The summed E-state index contributed by atoms with van der Waals surface area (Å²) >= 11 is 0. The molecule has 1 saturated heterocycles. The highest BCUT2D eigenvalue weighted by Gasteiger charge is 2.31. The van der Waals surface area contributed by atoms with Crippen LogP contribution in [0.25, 0.3) is 0 Å². The van der Waals surface area contributed by atoms with Gasteiger partial charge in [-0.1, -0.05) is 18.2 Å². The van der Waals surface area contributed by atoms with E-state index in [1.54, 1.807) is 0 Å². The van der Waals surface area contributed by atoms with Crippen molar-refractivity contribution >= 4 is 17.6 Å². The minimum atomic E-state index is -0.202. The van der Waals surface area contributed by atoms with Gasteiger partial charge in [0.2, 0.25) is 5.91 Å². The lowest BCUT2D eigenvalue weighted by Crippen LogP contribution is -2.38. The number of aryl methyl sites for hydroxylation is 1. The van der Waals surface area contributed by atoms with Crippen LogP contribution in [0.3, 0.4) is 0 Å². The van der Waals surface area contributed by atoms with Gasteiger partial charge in [-0.15, -0.1) is 0 Å². The molecule has 0 aromatic heterocycles. The van der Waals surface area contributed by atoms with Crippen LogP contribution in [-0.2, 0) is 14.3 Å². The molecule has 0 radical (unpaired) electrons. The number of likely N-dealkylation sites (tertiary alicyclic amines) is 1. The van der Waals surface area contributed by atoms with Crippen LogP contribution in [0.4, 0.5) is 5.69 Å². The van der Waals surface area contributed by atoms with E-state index in [-0.39, 0.29) is 17.9 Å². The van der Waals surface area contributed by atoms with Gasteiger partial charge < -0.3 is 10.1 Å². The number of methoxy groups -OCH3 is 1. The fourth-order valence-electron chi connectivity index (χ4n) is 2.67. The summed E-state index contributed by atoms with van der Waals surface area (Å²) in [4.78, 5) is 25.7. The molecule has 1 fully saturated rings. The lowest BCUT2D eigenvalue weighted by atomic mass is 10.2. The van der Waals surface area contributed by atoms with Crippen molar-refractivity contribution in [1.82, 2.24) is 4.90 Å². The highest BCUT2D eigenvalue weighted by atomic mass is 16.5. The van der Waals surface area contributed by atoms with Crippen molar-refractivity contribution in [3.05, 3.63) is 29.8 Å². The van der Waals surface area contributed by atoms with E-state index in [1.165, 1.54) is 7.11 Å². The SMILES string of the molecule is COC(=O)C1CCCN1CCC(=O)Nc1ccccc1C. The number of benzene rings is 1. The zero-order valence-electron chi connectivity index (χ0n) is 12.6. The van der Waals surface area contributed by atoms with Gasteiger partial charge in [0.15, 0.2) is 0 Å². The topological polar surface area (TPSA) is 58.6 Å². The van der Waals surface area contributed by atoms with Crippen LogP contribution in [0, 0.1) is 6.92 Å². The van der Waals surface area contributed by atoms with E-state index in [4.69, 9.17) is 4.74 Å². The Morgan fingerprint density at radius 2 is 2.14 bits per heavy atom. The van der Waals surface area contributed by atoms with Crippen LogP contribution in [0.1, 0.15) is 24.8 Å². The Morgan fingerprint density at radius 1 is 1.38 bits per heavy atom. The average molecular weight is 290 g/mol. The van der Waals surface area contributed by atoms with Crippen molar-refractivity contribution in [3.8, 4) is 0 Å². The van der Waals surface area contributed by atoms with Crippen LogP contribution >= 0.6 is 0 Å². The van der Waals surface area contributed by atoms with Crippen molar-refractivity contribution in [2.75, 3.05) is 25.5 Å². The van der Waals surface area contributed by atoms with Gasteiger partial charge in [-0.2, -0.15) is 0 Å². The number of esters is 1. The lowest BCUT2D eigenvalue weighted by Gasteiger charge is -2.21. The summed E-state index contributed by atoms with van der Waals surface area (Å²) in [5, 5.41) is 2.91. The first-order valence-corrected chi connectivity index (χ1v) is 7.29. The Bertz CT molecular complexity index is 516. The molecule has 2 rings (SSSR count). The molecule has 0 aliphatic carbocycles. The fraction of sp³-hybridized carbons (Fsp3) is 0.500. The van der Waals surface area contributed by atoms with Crippen LogP contribution in [0.15, 0.2) is 24.3 Å². The molecule has 5 nitrogen and oxygen atoms in total. The van der Waals surface area contributed by atoms with Crippen LogP contribution in [0.5, 0.6) is 0 Å². The molecule has 1 aromatic carbocycles. The van der Waals surface area contributed by atoms with Gasteiger partial charge in [0.05, 0.1) is 7.11 Å². The van der Waals surface area contributed by atoms with Gasteiger partial charge >= 0.3 is 5.97 Å². The lowest BCUT2D eigenvalue weighted by molar-refractivity contribution is -0.146. The van der Waals surface area contributed by atoms with E-state index < -0.39 is 0 Å². The molecule has 1 aromatic rings. The Labute approximate surface area is 125 Å². The van der Waals surface area contributed by atoms with Crippen molar-refractivity contribution in [1.29, 1.82) is 0 Å². The van der Waals surface area contributed by atoms with E-state index in [1.807, 2.05) is 36.1 Å². The van der Waals surface area contributed by atoms with Gasteiger partial charge in [-0.25, -0.2) is 0 Å². The Kier molecular flexibility index (Phi) is 5.33. The number of rotatable bonds is 5. The van der Waals surface area contributed by atoms with E-state index in [9.17, 15) is 9.59 Å². The highest BCUT2D eigenvalue weighted by Crippen LogP contribution is 2.19. The number of hydrogen-bond donors (Lipinski definition) is 1. The predicted octanol–water partition coefficient (Wildman–Crippen LogP) is 1.96. The number of amides is 1. The number of nitrogens with zero attached hydrogens (tertiary/aromatic N) is 1. The minimum absolute atomic E-state index is 0.0279. The smallest absolute Gasteiger partial charge is 0.323 e. The maximum absolute atomic E-state index is 12.0. The average Bonchev–Trinajstić information content (AvgIpc) is 2.95. The third-order valence-electron chi connectivity index (χ3n) is 3.88. The fourth-order valence-corrected chi connectivity index (χ4v) is 2.67. The molecule has 1 heterocycles. The van der Waals surface area contributed by atoms with Gasteiger partial charge in [-0.3, -0.25) is 14.5 Å². The molecule has 1 aliphatic rings. The number of para-hydroxylation sites is 1. The maximum Gasteiger partial charge on any atom is 0.323 e. The molecule has 21 heavy (non-hydrogen) atoms. The second kappa shape index (κ2) is 7.22. The zero-order chi connectivity index (χ0) is 15.2. The second-order valence-electron chi connectivity index (χ2n) is 5.33. The molecule has 1 unspecified atom stereocenters. The summed E-state index contributed by atoms with van der Waals surface area (Å²) in [6.45, 7) is 3.39. The van der Waals surface area contributed by atoms with Crippen molar-refractivity contribution in [2.45, 2.75) is 32.2 Å². The third-order valence-corrected chi connectivity index (χ3v) is 3.88. The molecule has 1 aliphatic heterocycles. The second-order valence-corrected chi connectivity index (χ2v) is 5.33. The summed E-state index contributed by atoms with van der Waals surface area (Å²) in [6, 6.07) is 7.50. The molecule has 5 heteroatoms. The monoisotopic (exact) mass is 290 g/mol. The molecule has 0 saturated carbocycles. The van der Waals surface area contributed by atoms with Gasteiger partial charge in [0.1, 0.15) is 6.04 Å². The molecule has 114 valence electrons. The summed E-state index contributed by atoms with van der Waals surface area (Å²) in [5.41, 5.74) is 1.88. The number of carbonyl (C=O) groups excluding carboxylic acids is 2. The first-order chi connectivity index (χ1) is 10.1. The van der Waals surface area contributed by atoms with Crippen LogP contribution in [0.2, 0.25) is 0 Å². The zero-order valence-corrected chi connectivity index (χ0v) is 12.6. The number of carbonyl (C=O) groups is 2. The standard InChI is InChI=1S/C16H22N2O3/c1-12-6-3-4-7-13(12)17-15(19)9-11-18-10-5-8-14(18)16(20)21-2/h3-4,6-7,14H,5,8-11H2,1-2H3,(H,17,19). The molecule has 1 amide bonds. The summed E-state index contributed by atoms with van der Waals surface area (Å²) in [6.07, 6.45) is 2.16. The van der Waals surface area contributed by atoms with E-state index in [0.717, 1.165) is 30.6 Å². The van der Waals surface area contributed by atoms with Crippen molar-refractivity contribution in [2.24, 2.45) is 0 Å². The van der Waals surface area contributed by atoms with E-state index >= 15 is 0 Å².